The lowest BCUT2D eigenvalue weighted by atomic mass is 9.82. The zero-order chi connectivity index (χ0) is 21.1. The van der Waals surface area contributed by atoms with E-state index in [0.717, 1.165) is 36.9 Å². The molecule has 1 amide bonds. The molecule has 4 rings (SSSR count). The summed E-state index contributed by atoms with van der Waals surface area (Å²) in [5, 5.41) is 12.5. The number of morpholine rings is 1. The van der Waals surface area contributed by atoms with Crippen molar-refractivity contribution >= 4 is 23.0 Å². The van der Waals surface area contributed by atoms with E-state index in [1.807, 2.05) is 12.1 Å². The number of benzene rings is 1. The lowest BCUT2D eigenvalue weighted by molar-refractivity contribution is -0.145. The Balaban J connectivity index is 1.63. The van der Waals surface area contributed by atoms with E-state index >= 15 is 0 Å². The minimum absolute atomic E-state index is 0.374. The van der Waals surface area contributed by atoms with Crippen molar-refractivity contribution in [1.29, 1.82) is 0 Å². The molecular weight excluding hydrogens is 388 g/mol. The molecule has 1 aliphatic heterocycles. The molecule has 0 bridgehead atoms. The largest absolute Gasteiger partial charge is 0.480 e. The molecule has 9 heteroatoms. The summed E-state index contributed by atoms with van der Waals surface area (Å²) in [4.78, 5) is 40.5. The van der Waals surface area contributed by atoms with Crippen LogP contribution in [0.1, 0.15) is 32.1 Å². The molecular formula is C21H28N4O5. The third-order valence-corrected chi connectivity index (χ3v) is 6.24. The monoisotopic (exact) mass is 416 g/mol. The summed E-state index contributed by atoms with van der Waals surface area (Å²) >= 11 is 0. The van der Waals surface area contributed by atoms with E-state index in [1.54, 1.807) is 16.7 Å². The predicted molar refractivity (Wildman–Crippen MR) is 111 cm³/mol. The number of carbonyl (C=O) groups is 2. The zero-order valence-electron chi connectivity index (χ0n) is 17.0. The van der Waals surface area contributed by atoms with E-state index in [-0.39, 0.29) is 0 Å². The Morgan fingerprint density at radius 1 is 1.03 bits per heavy atom. The number of para-hydroxylation sites is 2. The molecule has 2 fully saturated rings. The normalized spacial score (nSPS) is 19.6. The third-order valence-electron chi connectivity index (χ3n) is 6.24. The molecule has 1 aromatic carbocycles. The highest BCUT2D eigenvalue weighted by Crippen LogP contribution is 2.28. The van der Waals surface area contributed by atoms with E-state index in [1.165, 1.54) is 0 Å². The Morgan fingerprint density at radius 3 is 2.37 bits per heavy atom. The lowest BCUT2D eigenvalue weighted by Crippen LogP contribution is -2.57. The van der Waals surface area contributed by atoms with Gasteiger partial charge in [-0.15, -0.1) is 0 Å². The van der Waals surface area contributed by atoms with Crippen molar-refractivity contribution in [2.75, 3.05) is 32.8 Å². The number of ether oxygens (including phenoxy) is 1. The van der Waals surface area contributed by atoms with Crippen LogP contribution in [0.2, 0.25) is 0 Å². The Kier molecular flexibility index (Phi) is 5.92. The van der Waals surface area contributed by atoms with Crippen LogP contribution in [0.4, 0.5) is 4.79 Å². The standard InChI is InChI=1S/C21H28N4O5/c26-18(27)21(8-4-1-5-9-21)22-19(28)25-17-7-3-2-6-16(17)24(20(25)29)11-10-23-12-14-30-15-13-23/h2-3,6-7H,1,4-5,8-15H2,(H,22,28)(H,26,27). The van der Waals surface area contributed by atoms with Crippen molar-refractivity contribution in [1.82, 2.24) is 19.4 Å². The van der Waals surface area contributed by atoms with Gasteiger partial charge in [0.1, 0.15) is 5.54 Å². The first kappa shape index (κ1) is 20.6. The van der Waals surface area contributed by atoms with E-state index in [0.29, 0.717) is 50.2 Å². The molecule has 0 radical (unpaired) electrons. The summed E-state index contributed by atoms with van der Waals surface area (Å²) in [5.74, 6) is -1.04. The maximum Gasteiger partial charge on any atom is 0.337 e. The fraction of sp³-hybridized carbons (Fsp3) is 0.571. The van der Waals surface area contributed by atoms with E-state index in [9.17, 15) is 19.5 Å². The Labute approximate surface area is 174 Å². The van der Waals surface area contributed by atoms with Crippen LogP contribution in [0.3, 0.4) is 0 Å². The molecule has 30 heavy (non-hydrogen) atoms. The lowest BCUT2D eigenvalue weighted by Gasteiger charge is -2.33. The van der Waals surface area contributed by atoms with Gasteiger partial charge in [-0.3, -0.25) is 9.47 Å². The van der Waals surface area contributed by atoms with E-state index < -0.39 is 23.2 Å². The van der Waals surface area contributed by atoms with Crippen molar-refractivity contribution < 1.29 is 19.4 Å². The molecule has 1 aromatic heterocycles. The van der Waals surface area contributed by atoms with E-state index in [4.69, 9.17) is 4.74 Å². The van der Waals surface area contributed by atoms with Crippen LogP contribution in [-0.4, -0.2) is 69.5 Å². The van der Waals surface area contributed by atoms with Crippen LogP contribution in [0.15, 0.2) is 29.1 Å². The first-order chi connectivity index (χ1) is 14.5. The fourth-order valence-corrected chi connectivity index (χ4v) is 4.50. The van der Waals surface area contributed by atoms with E-state index in [2.05, 4.69) is 10.2 Å². The van der Waals surface area contributed by atoms with Crippen molar-refractivity contribution in [3.8, 4) is 0 Å². The fourth-order valence-electron chi connectivity index (χ4n) is 4.50. The molecule has 1 saturated carbocycles. The highest BCUT2D eigenvalue weighted by Gasteiger charge is 2.41. The number of aliphatic carboxylic acids is 1. The average Bonchev–Trinajstić information content (AvgIpc) is 3.04. The minimum atomic E-state index is -1.31. The molecule has 0 spiro atoms. The molecule has 2 N–H and O–H groups in total. The number of carboxylic acid groups (broad SMARTS) is 1. The van der Waals surface area contributed by atoms with Crippen molar-refractivity contribution in [2.24, 2.45) is 0 Å². The number of hydrogen-bond donors (Lipinski definition) is 2. The van der Waals surface area contributed by atoms with Gasteiger partial charge < -0.3 is 15.2 Å². The Bertz CT molecular complexity index is 983. The van der Waals surface area contributed by atoms with Crippen molar-refractivity contribution in [2.45, 2.75) is 44.2 Å². The molecule has 0 atom stereocenters. The van der Waals surface area contributed by atoms with Crippen LogP contribution in [0.5, 0.6) is 0 Å². The molecule has 1 aliphatic carbocycles. The highest BCUT2D eigenvalue weighted by atomic mass is 16.5. The quantitative estimate of drug-likeness (QED) is 0.765. The molecule has 2 heterocycles. The number of carboxylic acids is 1. The number of amides is 1. The maximum absolute atomic E-state index is 13.2. The SMILES string of the molecule is O=C(NC1(C(=O)O)CCCCC1)n1c(=O)n(CCN2CCOCC2)c2ccccc21. The second-order valence-electron chi connectivity index (χ2n) is 8.09. The van der Waals surface area contributed by atoms with Gasteiger partial charge in [-0.1, -0.05) is 31.4 Å². The van der Waals surface area contributed by atoms with Gasteiger partial charge in [-0.05, 0) is 25.0 Å². The van der Waals surface area contributed by atoms with Gasteiger partial charge >= 0.3 is 17.7 Å². The van der Waals surface area contributed by atoms with Gasteiger partial charge in [0.2, 0.25) is 0 Å². The van der Waals surface area contributed by atoms with Gasteiger partial charge in [-0.25, -0.2) is 19.0 Å². The smallest absolute Gasteiger partial charge is 0.337 e. The van der Waals surface area contributed by atoms with Crippen molar-refractivity contribution in [3.05, 3.63) is 34.7 Å². The average molecular weight is 416 g/mol. The van der Waals surface area contributed by atoms with Crippen LogP contribution in [0.25, 0.3) is 11.0 Å². The molecule has 2 aliphatic rings. The first-order valence-electron chi connectivity index (χ1n) is 10.6. The molecule has 9 nitrogen and oxygen atoms in total. The Hall–Kier alpha value is -2.65. The molecule has 1 saturated heterocycles. The first-order valence-corrected chi connectivity index (χ1v) is 10.6. The van der Waals surface area contributed by atoms with Crippen LogP contribution < -0.4 is 11.0 Å². The second-order valence-corrected chi connectivity index (χ2v) is 8.09. The molecule has 2 aromatic rings. The summed E-state index contributed by atoms with van der Waals surface area (Å²) in [6, 6.07) is 6.45. The highest BCUT2D eigenvalue weighted by molar-refractivity contribution is 5.93. The molecule has 162 valence electrons. The summed E-state index contributed by atoms with van der Waals surface area (Å²) in [5.41, 5.74) is -0.609. The van der Waals surface area contributed by atoms with Gasteiger partial charge in [-0.2, -0.15) is 0 Å². The zero-order valence-corrected chi connectivity index (χ0v) is 17.0. The topological polar surface area (TPSA) is 106 Å². The summed E-state index contributed by atoms with van der Waals surface area (Å²) < 4.78 is 8.04. The number of fused-ring (bicyclic) bond motifs is 1. The van der Waals surface area contributed by atoms with Gasteiger partial charge in [0.25, 0.3) is 0 Å². The number of hydrogen-bond acceptors (Lipinski definition) is 5. The molecule has 0 unspecified atom stereocenters. The van der Waals surface area contributed by atoms with Gasteiger partial charge in [0.05, 0.1) is 24.2 Å². The van der Waals surface area contributed by atoms with Crippen LogP contribution in [0, 0.1) is 0 Å². The minimum Gasteiger partial charge on any atom is -0.480 e. The summed E-state index contributed by atoms with van der Waals surface area (Å²) in [6.07, 6.45) is 3.17. The summed E-state index contributed by atoms with van der Waals surface area (Å²) in [6.45, 7) is 4.11. The summed E-state index contributed by atoms with van der Waals surface area (Å²) in [7, 11) is 0. The second kappa shape index (κ2) is 8.61. The van der Waals surface area contributed by atoms with Crippen molar-refractivity contribution in [3.63, 3.8) is 0 Å². The number of rotatable bonds is 5. The third kappa shape index (κ3) is 3.87. The van der Waals surface area contributed by atoms with Gasteiger partial charge in [0, 0.05) is 26.2 Å². The maximum atomic E-state index is 13.2. The van der Waals surface area contributed by atoms with Crippen LogP contribution in [-0.2, 0) is 16.1 Å². The number of aromatic nitrogens is 2. The number of carbonyl (C=O) groups excluding carboxylic acids is 1. The number of nitrogens with zero attached hydrogens (tertiary/aromatic N) is 3. The number of imidazole rings is 1. The Morgan fingerprint density at radius 2 is 1.70 bits per heavy atom. The number of nitrogens with one attached hydrogen (secondary N) is 1. The van der Waals surface area contributed by atoms with Crippen LogP contribution >= 0.6 is 0 Å². The van der Waals surface area contributed by atoms with Gasteiger partial charge in [0.15, 0.2) is 0 Å². The predicted octanol–water partition coefficient (Wildman–Crippen LogP) is 1.48.